The van der Waals surface area contributed by atoms with Crippen molar-refractivity contribution in [2.75, 3.05) is 21.3 Å². The van der Waals surface area contributed by atoms with Crippen LogP contribution in [-0.2, 0) is 7.05 Å². The maximum Gasteiger partial charge on any atom is 0.161 e. The SMILES string of the molecule is COc1cc(C)ccc1C.COc1ccc(C)cc1.COc1ccccc1C.Cc1cc(F)cc(F)c1.Cc1ccc(C)c(F)c1.Cc1ccc(C)cc1.Cc1ccc(C)cc1.Cc1ccc(C)cc1.Cc1ccc(C)cc1.Cc1cccc(F)c1.Cc1cccc(F)c1F.Cc1ccccc1.Cc1ccccc1.Cc1ccccc1F.Cc1ccccn1.Cc1cccnc1.Cc1ccco1.Cc1ccn(C)n1.Cc1nccs1. The molecule has 0 fully saturated rings. The molecule has 19 aromatic rings. The second kappa shape index (κ2) is 80.5. The molecule has 14 aromatic carbocycles. The Morgan fingerprint density at radius 3 is 0.887 bits per heavy atom. The molecule has 792 valence electrons. The summed E-state index contributed by atoms with van der Waals surface area (Å²) in [5.41, 5.74) is 25.8. The Hall–Kier alpha value is -15.6. The number of halogens is 7. The van der Waals surface area contributed by atoms with Gasteiger partial charge in [-0.05, 0) is 332 Å². The molecule has 0 bridgehead atoms. The maximum atomic E-state index is 12.6. The summed E-state index contributed by atoms with van der Waals surface area (Å²) >= 11 is 1.67. The molecule has 0 atom stereocenters. The summed E-state index contributed by atoms with van der Waals surface area (Å²) in [6.07, 6.45) is 10.8. The summed E-state index contributed by atoms with van der Waals surface area (Å²) in [5.74, 6) is 0.827. The van der Waals surface area contributed by atoms with Gasteiger partial charge in [0.1, 0.15) is 52.1 Å². The van der Waals surface area contributed by atoms with Crippen molar-refractivity contribution < 1.29 is 49.4 Å². The number of benzene rings is 14. The minimum absolute atomic E-state index is 0.116. The average molecular weight is 2050 g/mol. The molecule has 0 aliphatic heterocycles. The number of hydrogen-bond donors (Lipinski definition) is 0. The van der Waals surface area contributed by atoms with Gasteiger partial charge in [0.15, 0.2) is 11.6 Å². The first kappa shape index (κ1) is 132. The molecular weight excluding hydrogens is 1900 g/mol. The summed E-state index contributed by atoms with van der Waals surface area (Å²) in [6, 6.07) is 118. The van der Waals surface area contributed by atoms with Gasteiger partial charge in [0.25, 0.3) is 0 Å². The number of methoxy groups -OCH3 is 3. The van der Waals surface area contributed by atoms with E-state index in [-0.39, 0.29) is 17.5 Å². The molecule has 19 rings (SSSR count). The number of para-hydroxylation sites is 1. The van der Waals surface area contributed by atoms with Crippen LogP contribution in [0.2, 0.25) is 0 Å². The first-order valence-electron chi connectivity index (χ1n) is 48.9. The smallest absolute Gasteiger partial charge is 0.161 e. The van der Waals surface area contributed by atoms with Gasteiger partial charge in [-0.3, -0.25) is 19.6 Å². The van der Waals surface area contributed by atoms with Crippen LogP contribution in [0.4, 0.5) is 30.7 Å². The van der Waals surface area contributed by atoms with Crippen molar-refractivity contribution in [2.24, 2.45) is 7.05 Å². The number of pyridine rings is 2. The van der Waals surface area contributed by atoms with Gasteiger partial charge in [-0.25, -0.2) is 30.7 Å². The van der Waals surface area contributed by atoms with Crippen LogP contribution in [0.1, 0.15) is 139 Å². The zero-order valence-corrected chi connectivity index (χ0v) is 94.1. The van der Waals surface area contributed by atoms with E-state index in [2.05, 4.69) is 237 Å². The Morgan fingerprint density at radius 2 is 0.633 bits per heavy atom. The molecule has 0 N–H and O–H groups in total. The second-order valence-electron chi connectivity index (χ2n) is 34.9. The lowest BCUT2D eigenvalue weighted by molar-refractivity contribution is 0.411. The van der Waals surface area contributed by atoms with Crippen molar-refractivity contribution in [1.82, 2.24) is 24.7 Å². The van der Waals surface area contributed by atoms with Crippen molar-refractivity contribution in [2.45, 2.75) is 173 Å². The van der Waals surface area contributed by atoms with E-state index in [1.807, 2.05) is 245 Å². The molecule has 0 aliphatic rings. The van der Waals surface area contributed by atoms with Gasteiger partial charge in [-0.2, -0.15) is 5.10 Å². The third-order valence-electron chi connectivity index (χ3n) is 20.1. The number of ether oxygens (including phenoxy) is 3. The van der Waals surface area contributed by atoms with Crippen LogP contribution in [0.5, 0.6) is 17.2 Å². The van der Waals surface area contributed by atoms with Crippen molar-refractivity contribution in [3.63, 3.8) is 0 Å². The van der Waals surface area contributed by atoms with E-state index in [0.29, 0.717) is 22.3 Å². The van der Waals surface area contributed by atoms with Crippen LogP contribution < -0.4 is 14.2 Å². The molecule has 9 nitrogen and oxygen atoms in total. The number of nitrogens with zero attached hydrogens (tertiary/aromatic N) is 5. The zero-order chi connectivity index (χ0) is 112. The van der Waals surface area contributed by atoms with E-state index in [1.165, 1.54) is 139 Å². The van der Waals surface area contributed by atoms with Crippen LogP contribution in [0.25, 0.3) is 0 Å². The normalized spacial score (nSPS) is 9.20. The topological polar surface area (TPSA) is 97.3 Å². The lowest BCUT2D eigenvalue weighted by atomic mass is 10.1. The highest BCUT2D eigenvalue weighted by atomic mass is 32.1. The molecule has 0 saturated carbocycles. The van der Waals surface area contributed by atoms with Gasteiger partial charge in [0.2, 0.25) is 0 Å². The number of rotatable bonds is 3. The van der Waals surface area contributed by atoms with E-state index < -0.39 is 23.3 Å². The van der Waals surface area contributed by atoms with Gasteiger partial charge < -0.3 is 18.6 Å². The van der Waals surface area contributed by atoms with Gasteiger partial charge in [-0.1, -0.05) is 328 Å². The molecule has 0 spiro atoms. The summed E-state index contributed by atoms with van der Waals surface area (Å²) < 4.78 is 108. The van der Waals surface area contributed by atoms with E-state index >= 15 is 0 Å². The first-order valence-corrected chi connectivity index (χ1v) is 49.8. The quantitative estimate of drug-likeness (QED) is 0.161. The first-order chi connectivity index (χ1) is 71.4. The summed E-state index contributed by atoms with van der Waals surface area (Å²) in [5, 5.41) is 7.13. The van der Waals surface area contributed by atoms with Gasteiger partial charge in [0.05, 0.1) is 38.3 Å². The number of thiazole rings is 1. The van der Waals surface area contributed by atoms with E-state index in [1.54, 1.807) is 107 Å². The van der Waals surface area contributed by atoms with Crippen molar-refractivity contribution in [1.29, 1.82) is 0 Å². The number of aryl methyl sites for hydroxylation is 26. The lowest BCUT2D eigenvalue weighted by Crippen LogP contribution is -1.86. The third kappa shape index (κ3) is 71.0. The van der Waals surface area contributed by atoms with Crippen molar-refractivity contribution in [3.8, 4) is 17.2 Å². The highest BCUT2D eigenvalue weighted by Gasteiger charge is 2.02. The fourth-order valence-electron chi connectivity index (χ4n) is 11.2. The zero-order valence-electron chi connectivity index (χ0n) is 93.3. The molecule has 5 heterocycles. The highest BCUT2D eigenvalue weighted by molar-refractivity contribution is 7.09. The molecule has 17 heteroatoms. The molecular formula is C133H156F7N5O4S. The highest BCUT2D eigenvalue weighted by Crippen LogP contribution is 2.20. The predicted octanol–water partition coefficient (Wildman–Crippen LogP) is 37.3. The lowest BCUT2D eigenvalue weighted by Gasteiger charge is -2.03. The molecule has 0 radical (unpaired) electrons. The summed E-state index contributed by atoms with van der Waals surface area (Å²) in [6.45, 7) is 49.4. The predicted molar refractivity (Wildman–Crippen MR) is 620 cm³/mol. The van der Waals surface area contributed by atoms with E-state index in [4.69, 9.17) is 18.6 Å². The minimum Gasteiger partial charge on any atom is -0.497 e. The van der Waals surface area contributed by atoms with Gasteiger partial charge >= 0.3 is 0 Å². The largest absolute Gasteiger partial charge is 0.497 e. The van der Waals surface area contributed by atoms with E-state index in [0.717, 1.165) is 62.7 Å². The summed E-state index contributed by atoms with van der Waals surface area (Å²) in [4.78, 5) is 11.8. The third-order valence-corrected chi connectivity index (χ3v) is 20.8. The molecule has 0 unspecified atom stereocenters. The minimum atomic E-state index is -0.782. The van der Waals surface area contributed by atoms with Crippen LogP contribution in [-0.4, -0.2) is 46.1 Å². The molecule has 150 heavy (non-hydrogen) atoms. The van der Waals surface area contributed by atoms with Crippen LogP contribution >= 0.6 is 11.3 Å². The Balaban J connectivity index is 0.000000793. The average Bonchev–Trinajstić information content (AvgIpc) is 1.74. The van der Waals surface area contributed by atoms with Gasteiger partial charge in [0, 0.05) is 55.2 Å². The Morgan fingerprint density at radius 1 is 0.253 bits per heavy atom. The summed E-state index contributed by atoms with van der Waals surface area (Å²) in [7, 11) is 6.96. The van der Waals surface area contributed by atoms with Crippen LogP contribution in [0.3, 0.4) is 0 Å². The fraction of sp³-hybridized carbons (Fsp3) is 0.218. The van der Waals surface area contributed by atoms with Crippen LogP contribution in [0, 0.1) is 214 Å². The van der Waals surface area contributed by atoms with Crippen molar-refractivity contribution >= 4 is 11.3 Å². The maximum absolute atomic E-state index is 12.6. The molecule has 5 aromatic heterocycles. The van der Waals surface area contributed by atoms with Crippen LogP contribution in [0.15, 0.2) is 423 Å². The standard InChI is InChI=1S/C9H12O.C8H9F.2C8H10O.4C8H10.2C7H6F2.2C7H7F.2C7H8.2C6H7N.C5H8N2.C5H6O.C4H5NS/c1-7-4-5-8(2)9(6-7)10-3;1-6-3-4-7(2)8(9)5-6;1-7-3-5-8(9-2)6-4-7;1-7-5-3-4-6-8(7)9-2;4*1-7-3-5-8(2)6-4-7;1-5-2-6(8)4-7(9)3-5;1-5-3-2-4-6(8)7(5)9;1-6-3-2-4-7(8)5-6;1-6-4-2-3-5-7(6)8;2*1-7-5-3-2-4-6-7;1-6-3-2-4-7-5-6;1-6-4-2-3-5-7-6;1-5-3-4-7(2)6-5;1-5-3-2-4-6-5;1-4-5-2-3-6-4/h4-6H,1-3H3;3-5H,1-2H3;2*3-6H,1-2H3;4*3-6H,1-2H3;2*2-4H,1H3;2*2-5H,1H3;2*2-6H,1H3;2*2-5H,1H3;3-4H,1-2H3;2-4H,1H3;2-3H,1H3. The molecule has 0 amide bonds. The van der Waals surface area contributed by atoms with E-state index in [9.17, 15) is 30.7 Å². The Labute approximate surface area is 896 Å². The Kier molecular flexibility index (Phi) is 71.1. The molecule has 0 saturated heterocycles. The van der Waals surface area contributed by atoms with Gasteiger partial charge in [-0.15, -0.1) is 11.3 Å². The number of aromatic nitrogens is 5. The van der Waals surface area contributed by atoms with Crippen molar-refractivity contribution in [3.05, 3.63) is 598 Å². The second-order valence-corrected chi connectivity index (χ2v) is 36.0. The number of furan rings is 1. The molecule has 0 aliphatic carbocycles. The monoisotopic (exact) mass is 2050 g/mol. The Bertz CT molecular complexity index is 6040. The number of hydrogen-bond acceptors (Lipinski definition) is 9. The fourth-order valence-corrected chi connectivity index (χ4v) is 11.7.